The first kappa shape index (κ1) is 28.6. The number of benzene rings is 4. The van der Waals surface area contributed by atoms with Gasteiger partial charge in [0.2, 0.25) is 0 Å². The second-order valence-corrected chi connectivity index (χ2v) is 15.0. The van der Waals surface area contributed by atoms with Crippen LogP contribution in [0.4, 0.5) is 0 Å². The Bertz CT molecular complexity index is 1680. The van der Waals surface area contributed by atoms with Gasteiger partial charge in [-0.05, 0) is 48.2 Å². The summed E-state index contributed by atoms with van der Waals surface area (Å²) in [6.07, 6.45) is -0.400. The minimum absolute atomic E-state index is 0.0359. The second-order valence-electron chi connectivity index (χ2n) is 10.2. The van der Waals surface area contributed by atoms with Crippen LogP contribution in [-0.4, -0.2) is 35.1 Å². The van der Waals surface area contributed by atoms with E-state index in [1.165, 1.54) is 24.3 Å². The van der Waals surface area contributed by atoms with Crippen LogP contribution < -0.4 is 9.47 Å². The molecule has 0 N–H and O–H groups in total. The Kier molecular flexibility index (Phi) is 7.81. The van der Waals surface area contributed by atoms with Crippen LogP contribution >= 0.6 is 0 Å². The number of hydrogen-bond donors (Lipinski definition) is 0. The van der Waals surface area contributed by atoms with Gasteiger partial charge in [0.25, 0.3) is 0 Å². The van der Waals surface area contributed by atoms with E-state index in [0.717, 1.165) is 11.1 Å². The van der Waals surface area contributed by atoms with E-state index in [1.807, 2.05) is 42.5 Å². The normalized spacial score (nSPS) is 17.6. The SMILES string of the molecule is C=C1CC(S(=O)(=O)c2ccccc2)(S(=O)(=O)c2ccccc2)C[C@H]1[C@@H](c1ccccc1)c1ccc(OC)cc1OC. The van der Waals surface area contributed by atoms with Crippen molar-refractivity contribution >= 4 is 19.7 Å². The fraction of sp³-hybridized carbons (Fsp3) is 0.212. The van der Waals surface area contributed by atoms with Crippen LogP contribution in [0.2, 0.25) is 0 Å². The van der Waals surface area contributed by atoms with Crippen molar-refractivity contribution in [3.63, 3.8) is 0 Å². The lowest BCUT2D eigenvalue weighted by molar-refractivity contribution is 0.385. The first-order chi connectivity index (χ1) is 19.7. The van der Waals surface area contributed by atoms with Crippen molar-refractivity contribution in [1.82, 2.24) is 0 Å². The monoisotopic (exact) mass is 588 g/mol. The zero-order chi connectivity index (χ0) is 29.3. The average Bonchev–Trinajstić information content (AvgIpc) is 3.37. The summed E-state index contributed by atoms with van der Waals surface area (Å²) < 4.78 is 67.0. The molecule has 0 bridgehead atoms. The summed E-state index contributed by atoms with van der Waals surface area (Å²) in [5, 5.41) is 0. The summed E-state index contributed by atoms with van der Waals surface area (Å²) >= 11 is 0. The van der Waals surface area contributed by atoms with Crippen LogP contribution in [0.25, 0.3) is 0 Å². The van der Waals surface area contributed by atoms with Gasteiger partial charge < -0.3 is 9.47 Å². The first-order valence-electron chi connectivity index (χ1n) is 13.2. The van der Waals surface area contributed by atoms with Crippen molar-refractivity contribution in [2.45, 2.75) is 32.6 Å². The molecule has 0 saturated heterocycles. The van der Waals surface area contributed by atoms with Crippen LogP contribution in [0.3, 0.4) is 0 Å². The molecule has 0 radical (unpaired) electrons. The van der Waals surface area contributed by atoms with E-state index in [1.54, 1.807) is 56.7 Å². The number of rotatable bonds is 9. The van der Waals surface area contributed by atoms with E-state index in [0.29, 0.717) is 17.1 Å². The molecule has 0 unspecified atom stereocenters. The highest BCUT2D eigenvalue weighted by atomic mass is 32.3. The van der Waals surface area contributed by atoms with Crippen LogP contribution in [0.15, 0.2) is 131 Å². The molecule has 4 aromatic rings. The molecule has 1 aliphatic rings. The fourth-order valence-electron chi connectivity index (χ4n) is 5.93. The van der Waals surface area contributed by atoms with E-state index < -0.39 is 35.6 Å². The number of allylic oxidation sites excluding steroid dienone is 1. The van der Waals surface area contributed by atoms with Gasteiger partial charge >= 0.3 is 0 Å². The van der Waals surface area contributed by atoms with Gasteiger partial charge in [-0.25, -0.2) is 16.8 Å². The summed E-state index contributed by atoms with van der Waals surface area (Å²) in [5.74, 6) is 0.204. The van der Waals surface area contributed by atoms with Crippen molar-refractivity contribution < 1.29 is 26.3 Å². The number of sulfone groups is 2. The first-order valence-corrected chi connectivity index (χ1v) is 16.2. The zero-order valence-corrected chi connectivity index (χ0v) is 24.6. The number of methoxy groups -OCH3 is 2. The lowest BCUT2D eigenvalue weighted by atomic mass is 9.78. The van der Waals surface area contributed by atoms with Gasteiger partial charge in [-0.1, -0.05) is 84.9 Å². The molecule has 0 spiro atoms. The zero-order valence-electron chi connectivity index (χ0n) is 22.9. The van der Waals surface area contributed by atoms with Crippen molar-refractivity contribution in [3.05, 3.63) is 132 Å². The summed E-state index contributed by atoms with van der Waals surface area (Å²) in [5.41, 5.74) is 2.23. The van der Waals surface area contributed by atoms with Gasteiger partial charge in [0.15, 0.2) is 23.8 Å². The van der Waals surface area contributed by atoms with E-state index in [2.05, 4.69) is 6.58 Å². The number of ether oxygens (including phenoxy) is 2. The van der Waals surface area contributed by atoms with Crippen LogP contribution in [0.5, 0.6) is 11.5 Å². The maximum Gasteiger partial charge on any atom is 0.199 e. The van der Waals surface area contributed by atoms with Gasteiger partial charge in [-0.15, -0.1) is 0 Å². The molecule has 5 rings (SSSR count). The summed E-state index contributed by atoms with van der Waals surface area (Å²) in [6.45, 7) is 4.31. The Morgan fingerprint density at radius 1 is 0.732 bits per heavy atom. The van der Waals surface area contributed by atoms with Gasteiger partial charge in [0.05, 0.1) is 24.0 Å². The van der Waals surface area contributed by atoms with Crippen LogP contribution in [0, 0.1) is 5.92 Å². The number of hydrogen-bond acceptors (Lipinski definition) is 6. The molecule has 0 heterocycles. The Balaban J connectivity index is 1.74. The highest BCUT2D eigenvalue weighted by Gasteiger charge is 2.62. The van der Waals surface area contributed by atoms with Gasteiger partial charge in [-0.3, -0.25) is 0 Å². The molecule has 212 valence electrons. The minimum Gasteiger partial charge on any atom is -0.497 e. The topological polar surface area (TPSA) is 86.7 Å². The summed E-state index contributed by atoms with van der Waals surface area (Å²) in [6, 6.07) is 30.7. The minimum atomic E-state index is -4.40. The molecule has 41 heavy (non-hydrogen) atoms. The lowest BCUT2D eigenvalue weighted by Crippen LogP contribution is -2.44. The fourth-order valence-corrected chi connectivity index (χ4v) is 11.1. The molecule has 4 aromatic carbocycles. The van der Waals surface area contributed by atoms with E-state index in [9.17, 15) is 16.8 Å². The third kappa shape index (κ3) is 4.85. The van der Waals surface area contributed by atoms with Crippen molar-refractivity contribution in [2.75, 3.05) is 14.2 Å². The molecule has 0 aliphatic heterocycles. The Hall–Kier alpha value is -3.88. The molecule has 0 aromatic heterocycles. The Morgan fingerprint density at radius 3 is 1.73 bits per heavy atom. The largest absolute Gasteiger partial charge is 0.497 e. The highest BCUT2D eigenvalue weighted by molar-refractivity contribution is 8.10. The quantitative estimate of drug-likeness (QED) is 0.209. The lowest BCUT2D eigenvalue weighted by Gasteiger charge is -2.31. The third-order valence-corrected chi connectivity index (χ3v) is 13.7. The molecule has 8 heteroatoms. The maximum atomic E-state index is 14.5. The molecule has 2 atom stereocenters. The molecule has 6 nitrogen and oxygen atoms in total. The predicted octanol–water partition coefficient (Wildman–Crippen LogP) is 6.45. The van der Waals surface area contributed by atoms with Gasteiger partial charge in [0, 0.05) is 24.0 Å². The molecule has 1 saturated carbocycles. The molecular formula is C33H32O6S2. The highest BCUT2D eigenvalue weighted by Crippen LogP contribution is 2.56. The summed E-state index contributed by atoms with van der Waals surface area (Å²) in [7, 11) is -5.66. The summed E-state index contributed by atoms with van der Waals surface area (Å²) in [4.78, 5) is -0.0718. The Morgan fingerprint density at radius 2 is 1.24 bits per heavy atom. The van der Waals surface area contributed by atoms with E-state index in [4.69, 9.17) is 9.47 Å². The van der Waals surface area contributed by atoms with E-state index in [-0.39, 0.29) is 22.6 Å². The molecular weight excluding hydrogens is 556 g/mol. The third-order valence-electron chi connectivity index (χ3n) is 7.97. The van der Waals surface area contributed by atoms with Gasteiger partial charge in [0.1, 0.15) is 11.5 Å². The molecule has 1 fully saturated rings. The second kappa shape index (κ2) is 11.2. The van der Waals surface area contributed by atoms with Crippen molar-refractivity contribution in [1.29, 1.82) is 0 Å². The van der Waals surface area contributed by atoms with E-state index >= 15 is 0 Å². The predicted molar refractivity (Wildman–Crippen MR) is 160 cm³/mol. The van der Waals surface area contributed by atoms with Gasteiger partial charge in [-0.2, -0.15) is 0 Å². The van der Waals surface area contributed by atoms with Crippen LogP contribution in [0.1, 0.15) is 29.9 Å². The smallest absolute Gasteiger partial charge is 0.199 e. The Labute approximate surface area is 242 Å². The molecule has 0 amide bonds. The molecule has 1 aliphatic carbocycles. The standard InChI is InChI=1S/C33H32O6S2/c1-24-22-33(40(34,35)27-15-9-5-10-16-27,41(36,37)28-17-11-6-12-18-28)23-30(24)32(25-13-7-4-8-14-25)29-20-19-26(38-2)21-31(29)39-3/h4-21,30,32H,1,22-23H2,2-3H3/t30-,32+/m1/s1. The van der Waals surface area contributed by atoms with Crippen molar-refractivity contribution in [2.24, 2.45) is 5.92 Å². The maximum absolute atomic E-state index is 14.5. The van der Waals surface area contributed by atoms with Crippen molar-refractivity contribution in [3.8, 4) is 11.5 Å². The average molecular weight is 589 g/mol. The van der Waals surface area contributed by atoms with Crippen LogP contribution in [-0.2, 0) is 19.7 Å².